The first kappa shape index (κ1) is 13.0. The van der Waals surface area contributed by atoms with Crippen LogP contribution in [0.5, 0.6) is 0 Å². The molecule has 0 radical (unpaired) electrons. The van der Waals surface area contributed by atoms with Gasteiger partial charge in [-0.15, -0.1) is 0 Å². The summed E-state index contributed by atoms with van der Waals surface area (Å²) in [5.74, 6) is -0.367. The van der Waals surface area contributed by atoms with Crippen molar-refractivity contribution in [3.05, 3.63) is 76.7 Å². The maximum atomic E-state index is 13.1. The second kappa shape index (κ2) is 5.19. The number of hydrogen-bond donors (Lipinski definition) is 1. The second-order valence-corrected chi connectivity index (χ2v) is 5.01. The van der Waals surface area contributed by atoms with Crippen LogP contribution in [-0.2, 0) is 0 Å². The minimum atomic E-state index is -0.396. The maximum absolute atomic E-state index is 13.1. The Bertz CT molecular complexity index is 773. The van der Waals surface area contributed by atoms with Gasteiger partial charge in [-0.25, -0.2) is 4.39 Å². The van der Waals surface area contributed by atoms with Crippen LogP contribution in [0, 0.1) is 5.82 Å². The van der Waals surface area contributed by atoms with Crippen molar-refractivity contribution in [1.29, 1.82) is 0 Å². The highest BCUT2D eigenvalue weighted by atomic mass is 35.5. The number of fused-ring (bicyclic) bond motifs is 1. The van der Waals surface area contributed by atoms with Gasteiger partial charge in [0.1, 0.15) is 5.82 Å². The van der Waals surface area contributed by atoms with Gasteiger partial charge in [0.05, 0.1) is 11.6 Å². The summed E-state index contributed by atoms with van der Waals surface area (Å²) in [6.07, 6.45) is 1.75. The number of nitrogens with two attached hydrogens (primary N) is 1. The van der Waals surface area contributed by atoms with Crippen LogP contribution in [-0.4, -0.2) is 4.98 Å². The first-order valence-corrected chi connectivity index (χ1v) is 6.58. The molecule has 0 saturated carbocycles. The largest absolute Gasteiger partial charge is 0.320 e. The average molecular weight is 287 g/mol. The molecule has 2 nitrogen and oxygen atoms in total. The molecule has 0 fully saturated rings. The van der Waals surface area contributed by atoms with Crippen molar-refractivity contribution in [3.63, 3.8) is 0 Å². The Balaban J connectivity index is 2.05. The molecule has 2 N–H and O–H groups in total. The summed E-state index contributed by atoms with van der Waals surface area (Å²) in [4.78, 5) is 4.27. The molecule has 3 aromatic rings. The number of benzene rings is 2. The third-order valence-corrected chi connectivity index (χ3v) is 3.61. The second-order valence-electron chi connectivity index (χ2n) is 4.60. The molecule has 3 rings (SSSR count). The van der Waals surface area contributed by atoms with Crippen LogP contribution < -0.4 is 5.73 Å². The Morgan fingerprint density at radius 2 is 1.95 bits per heavy atom. The van der Waals surface area contributed by atoms with Gasteiger partial charge in [-0.3, -0.25) is 4.98 Å². The van der Waals surface area contributed by atoms with E-state index in [1.807, 2.05) is 30.3 Å². The molecular formula is C16H12ClFN2. The van der Waals surface area contributed by atoms with E-state index in [2.05, 4.69) is 4.98 Å². The Labute approximate surface area is 121 Å². The molecule has 1 aromatic heterocycles. The number of hydrogen-bond acceptors (Lipinski definition) is 2. The van der Waals surface area contributed by atoms with Crippen LogP contribution in [0.4, 0.5) is 4.39 Å². The lowest BCUT2D eigenvalue weighted by Gasteiger charge is -2.15. The van der Waals surface area contributed by atoms with E-state index in [1.54, 1.807) is 12.3 Å². The lowest BCUT2D eigenvalue weighted by atomic mass is 9.98. The van der Waals surface area contributed by atoms with E-state index in [9.17, 15) is 4.39 Å². The fourth-order valence-electron chi connectivity index (χ4n) is 2.22. The Morgan fingerprint density at radius 3 is 2.75 bits per heavy atom. The normalized spacial score (nSPS) is 12.6. The van der Waals surface area contributed by atoms with Crippen molar-refractivity contribution in [2.45, 2.75) is 6.04 Å². The molecule has 2 aromatic carbocycles. The topological polar surface area (TPSA) is 38.9 Å². The zero-order valence-electron chi connectivity index (χ0n) is 10.6. The average Bonchev–Trinajstić information content (AvgIpc) is 2.46. The maximum Gasteiger partial charge on any atom is 0.124 e. The van der Waals surface area contributed by atoms with Gasteiger partial charge in [0.2, 0.25) is 0 Å². The lowest BCUT2D eigenvalue weighted by molar-refractivity contribution is 0.626. The quantitative estimate of drug-likeness (QED) is 0.771. The zero-order chi connectivity index (χ0) is 14.1. The Morgan fingerprint density at radius 1 is 1.10 bits per heavy atom. The third-order valence-electron chi connectivity index (χ3n) is 3.28. The van der Waals surface area contributed by atoms with Gasteiger partial charge >= 0.3 is 0 Å². The molecule has 1 atom stereocenters. The third kappa shape index (κ3) is 2.38. The fourth-order valence-corrected chi connectivity index (χ4v) is 2.51. The summed E-state index contributed by atoms with van der Waals surface area (Å²) in [5.41, 5.74) is 8.76. The van der Waals surface area contributed by atoms with E-state index in [0.717, 1.165) is 16.5 Å². The van der Waals surface area contributed by atoms with E-state index < -0.39 is 6.04 Å². The van der Waals surface area contributed by atoms with Crippen LogP contribution in [0.3, 0.4) is 0 Å². The van der Waals surface area contributed by atoms with Crippen LogP contribution in [0.1, 0.15) is 17.2 Å². The van der Waals surface area contributed by atoms with Crippen molar-refractivity contribution in [2.75, 3.05) is 0 Å². The number of pyridine rings is 1. The standard InChI is InChI=1S/C16H12ClFN2/c17-14-9-12(18)4-5-13(14)16(19)11-3-6-15-10(8-11)2-1-7-20-15/h1-9,16H,19H2. The molecule has 1 heterocycles. The molecule has 0 saturated heterocycles. The summed E-state index contributed by atoms with van der Waals surface area (Å²) < 4.78 is 13.1. The SMILES string of the molecule is NC(c1ccc2ncccc2c1)c1ccc(F)cc1Cl. The van der Waals surface area contributed by atoms with Gasteiger partial charge in [0.15, 0.2) is 0 Å². The minimum absolute atomic E-state index is 0.337. The number of rotatable bonds is 2. The highest BCUT2D eigenvalue weighted by molar-refractivity contribution is 6.31. The molecule has 0 amide bonds. The van der Waals surface area contributed by atoms with Crippen molar-refractivity contribution in [2.24, 2.45) is 5.73 Å². The smallest absolute Gasteiger partial charge is 0.124 e. The summed E-state index contributed by atoms with van der Waals surface area (Å²) in [6.45, 7) is 0. The number of aromatic nitrogens is 1. The van der Waals surface area contributed by atoms with Crippen molar-refractivity contribution in [1.82, 2.24) is 4.98 Å². The fraction of sp³-hybridized carbons (Fsp3) is 0.0625. The highest BCUT2D eigenvalue weighted by Crippen LogP contribution is 2.28. The molecule has 4 heteroatoms. The van der Waals surface area contributed by atoms with Gasteiger partial charge in [0.25, 0.3) is 0 Å². The zero-order valence-corrected chi connectivity index (χ0v) is 11.3. The van der Waals surface area contributed by atoms with Gasteiger partial charge in [-0.05, 0) is 41.5 Å². The van der Waals surface area contributed by atoms with E-state index in [1.165, 1.54) is 12.1 Å². The molecule has 0 aliphatic carbocycles. The van der Waals surface area contributed by atoms with Crippen LogP contribution >= 0.6 is 11.6 Å². The first-order valence-electron chi connectivity index (χ1n) is 6.20. The number of nitrogens with zero attached hydrogens (tertiary/aromatic N) is 1. The van der Waals surface area contributed by atoms with E-state index >= 15 is 0 Å². The lowest BCUT2D eigenvalue weighted by Crippen LogP contribution is -2.12. The summed E-state index contributed by atoms with van der Waals surface area (Å²) in [7, 11) is 0. The van der Waals surface area contributed by atoms with Gasteiger partial charge in [-0.1, -0.05) is 29.8 Å². The van der Waals surface area contributed by atoms with E-state index in [4.69, 9.17) is 17.3 Å². The van der Waals surface area contributed by atoms with E-state index in [0.29, 0.717) is 10.6 Å². The van der Waals surface area contributed by atoms with Crippen LogP contribution in [0.15, 0.2) is 54.7 Å². The molecule has 0 aliphatic rings. The van der Waals surface area contributed by atoms with Crippen molar-refractivity contribution >= 4 is 22.5 Å². The van der Waals surface area contributed by atoms with Crippen molar-refractivity contribution in [3.8, 4) is 0 Å². The molecule has 0 aliphatic heterocycles. The summed E-state index contributed by atoms with van der Waals surface area (Å²) in [6, 6.07) is 13.5. The molecule has 20 heavy (non-hydrogen) atoms. The van der Waals surface area contributed by atoms with Crippen molar-refractivity contribution < 1.29 is 4.39 Å². The monoisotopic (exact) mass is 286 g/mol. The molecule has 0 spiro atoms. The van der Waals surface area contributed by atoms with Crippen LogP contribution in [0.25, 0.3) is 10.9 Å². The molecule has 100 valence electrons. The summed E-state index contributed by atoms with van der Waals surface area (Å²) in [5, 5.41) is 1.35. The highest BCUT2D eigenvalue weighted by Gasteiger charge is 2.13. The van der Waals surface area contributed by atoms with Crippen LogP contribution in [0.2, 0.25) is 5.02 Å². The molecular weight excluding hydrogens is 275 g/mol. The van der Waals surface area contributed by atoms with Gasteiger partial charge in [-0.2, -0.15) is 0 Å². The minimum Gasteiger partial charge on any atom is -0.320 e. The summed E-state index contributed by atoms with van der Waals surface area (Å²) >= 11 is 6.06. The van der Waals surface area contributed by atoms with Gasteiger partial charge in [0, 0.05) is 16.6 Å². The Kier molecular flexibility index (Phi) is 3.38. The number of halogens is 2. The molecule has 1 unspecified atom stereocenters. The Hall–Kier alpha value is -1.97. The first-order chi connectivity index (χ1) is 9.65. The van der Waals surface area contributed by atoms with Gasteiger partial charge < -0.3 is 5.73 Å². The molecule has 0 bridgehead atoms. The predicted octanol–water partition coefficient (Wildman–Crippen LogP) is 4.08. The van der Waals surface area contributed by atoms with E-state index in [-0.39, 0.29) is 5.82 Å². The predicted molar refractivity (Wildman–Crippen MR) is 79.2 cm³/mol.